The van der Waals surface area contributed by atoms with E-state index in [0.717, 1.165) is 0 Å². The molecule has 1 aliphatic rings. The van der Waals surface area contributed by atoms with Crippen LogP contribution < -0.4 is 5.32 Å². The molecule has 3 nitrogen and oxygen atoms in total. The van der Waals surface area contributed by atoms with Crippen LogP contribution in [-0.4, -0.2) is 25.7 Å². The van der Waals surface area contributed by atoms with Crippen molar-refractivity contribution in [3.63, 3.8) is 0 Å². The van der Waals surface area contributed by atoms with Crippen molar-refractivity contribution in [3.05, 3.63) is 35.1 Å². The number of amides is 1. The van der Waals surface area contributed by atoms with Gasteiger partial charge in [-0.15, -0.1) is 0 Å². The van der Waals surface area contributed by atoms with Crippen molar-refractivity contribution in [2.75, 3.05) is 19.8 Å². The zero-order chi connectivity index (χ0) is 12.5. The summed E-state index contributed by atoms with van der Waals surface area (Å²) in [6, 6.07) is 4.83. The van der Waals surface area contributed by atoms with E-state index in [9.17, 15) is 9.18 Å². The minimum Gasteiger partial charge on any atom is -0.380 e. The fraction of sp³-hybridized carbons (Fsp3) is 0.462. The molecule has 0 aromatic heterocycles. The van der Waals surface area contributed by atoms with E-state index < -0.39 is 5.82 Å². The van der Waals surface area contributed by atoms with Crippen molar-refractivity contribution < 1.29 is 13.9 Å². The first-order chi connectivity index (χ1) is 8.02. The van der Waals surface area contributed by atoms with Crippen LogP contribution in [0.15, 0.2) is 18.2 Å². The van der Waals surface area contributed by atoms with E-state index in [1.165, 1.54) is 6.07 Å². The van der Waals surface area contributed by atoms with Crippen molar-refractivity contribution in [2.24, 2.45) is 5.41 Å². The van der Waals surface area contributed by atoms with E-state index in [-0.39, 0.29) is 16.9 Å². The molecule has 1 aromatic rings. The highest BCUT2D eigenvalue weighted by atomic mass is 19.1. The Balaban J connectivity index is 2.02. The van der Waals surface area contributed by atoms with Crippen LogP contribution >= 0.6 is 0 Å². The van der Waals surface area contributed by atoms with Gasteiger partial charge in [0.25, 0.3) is 5.91 Å². The molecule has 0 atom stereocenters. The fourth-order valence-electron chi connectivity index (χ4n) is 1.76. The molecular formula is C13H16FNO2. The maximum absolute atomic E-state index is 13.7. The quantitative estimate of drug-likeness (QED) is 0.872. The number of nitrogens with one attached hydrogen (secondary N) is 1. The Morgan fingerprint density at radius 3 is 2.82 bits per heavy atom. The third-order valence-corrected chi connectivity index (χ3v) is 3.01. The third-order valence-electron chi connectivity index (χ3n) is 3.01. The van der Waals surface area contributed by atoms with Crippen LogP contribution in [0.4, 0.5) is 4.39 Å². The Kier molecular flexibility index (Phi) is 3.15. The summed E-state index contributed by atoms with van der Waals surface area (Å²) in [6.07, 6.45) is 0. The topological polar surface area (TPSA) is 38.3 Å². The highest BCUT2D eigenvalue weighted by Crippen LogP contribution is 2.25. The van der Waals surface area contributed by atoms with Gasteiger partial charge < -0.3 is 10.1 Å². The van der Waals surface area contributed by atoms with Crippen molar-refractivity contribution in [1.82, 2.24) is 5.32 Å². The van der Waals surface area contributed by atoms with Crippen molar-refractivity contribution >= 4 is 5.91 Å². The monoisotopic (exact) mass is 237 g/mol. The number of benzene rings is 1. The summed E-state index contributed by atoms with van der Waals surface area (Å²) >= 11 is 0. The average Bonchev–Trinajstić information content (AvgIpc) is 2.27. The number of halogens is 1. The molecule has 1 N–H and O–H groups in total. The van der Waals surface area contributed by atoms with E-state index in [4.69, 9.17) is 4.74 Å². The molecular weight excluding hydrogens is 221 g/mol. The highest BCUT2D eigenvalue weighted by molar-refractivity contribution is 5.94. The second-order valence-corrected chi connectivity index (χ2v) is 4.92. The van der Waals surface area contributed by atoms with Gasteiger partial charge >= 0.3 is 0 Å². The first-order valence-corrected chi connectivity index (χ1v) is 5.63. The normalized spacial score (nSPS) is 17.4. The first kappa shape index (κ1) is 12.0. The molecule has 1 aliphatic heterocycles. The van der Waals surface area contributed by atoms with Crippen LogP contribution in [0.1, 0.15) is 22.8 Å². The summed E-state index contributed by atoms with van der Waals surface area (Å²) in [5, 5.41) is 2.75. The van der Waals surface area contributed by atoms with Crippen LogP contribution in [0, 0.1) is 18.2 Å². The molecule has 92 valence electrons. The number of carbonyl (C=O) groups excluding carboxylic acids is 1. The molecule has 0 unspecified atom stereocenters. The lowest BCUT2D eigenvalue weighted by Gasteiger charge is -2.38. The van der Waals surface area contributed by atoms with Gasteiger partial charge in [0.15, 0.2) is 0 Å². The Hall–Kier alpha value is -1.42. The van der Waals surface area contributed by atoms with Crippen LogP contribution in [0.2, 0.25) is 0 Å². The SMILES string of the molecule is Cc1cccc(C(=O)NCC2(C)COC2)c1F. The van der Waals surface area contributed by atoms with E-state index in [1.807, 2.05) is 6.92 Å². The molecule has 1 heterocycles. The van der Waals surface area contributed by atoms with Crippen LogP contribution in [0.3, 0.4) is 0 Å². The summed E-state index contributed by atoms with van der Waals surface area (Å²) in [5.41, 5.74) is 0.584. The predicted molar refractivity (Wildman–Crippen MR) is 62.4 cm³/mol. The number of aryl methyl sites for hydroxylation is 1. The lowest BCUT2D eigenvalue weighted by atomic mass is 9.88. The maximum atomic E-state index is 13.7. The zero-order valence-electron chi connectivity index (χ0n) is 10.0. The minimum atomic E-state index is -0.444. The van der Waals surface area contributed by atoms with Crippen molar-refractivity contribution in [3.8, 4) is 0 Å². The minimum absolute atomic E-state index is 0.00401. The van der Waals surface area contributed by atoms with E-state index in [2.05, 4.69) is 5.32 Å². The Bertz CT molecular complexity index is 441. The molecule has 0 radical (unpaired) electrons. The second-order valence-electron chi connectivity index (χ2n) is 4.92. The average molecular weight is 237 g/mol. The summed E-state index contributed by atoms with van der Waals surface area (Å²) in [7, 11) is 0. The maximum Gasteiger partial charge on any atom is 0.254 e. The van der Waals surface area contributed by atoms with Gasteiger partial charge in [-0.25, -0.2) is 4.39 Å². The predicted octanol–water partition coefficient (Wildman–Crippen LogP) is 1.90. The molecule has 4 heteroatoms. The number of rotatable bonds is 3. The van der Waals surface area contributed by atoms with Gasteiger partial charge in [-0.2, -0.15) is 0 Å². The molecule has 2 rings (SSSR count). The lowest BCUT2D eigenvalue weighted by molar-refractivity contribution is -0.0978. The van der Waals surface area contributed by atoms with Crippen LogP contribution in [-0.2, 0) is 4.74 Å². The standard InChI is InChI=1S/C13H16FNO2/c1-9-4-3-5-10(11(9)14)12(16)15-6-13(2)7-17-8-13/h3-5H,6-8H2,1-2H3,(H,15,16). The number of carbonyl (C=O) groups is 1. The van der Waals surface area contributed by atoms with Gasteiger partial charge in [0.05, 0.1) is 18.8 Å². The molecule has 1 amide bonds. The van der Waals surface area contributed by atoms with Crippen LogP contribution in [0.25, 0.3) is 0 Å². The number of hydrogen-bond acceptors (Lipinski definition) is 2. The van der Waals surface area contributed by atoms with Gasteiger partial charge in [0, 0.05) is 12.0 Å². The third kappa shape index (κ3) is 2.47. The zero-order valence-corrected chi connectivity index (χ0v) is 10.0. The summed E-state index contributed by atoms with van der Waals surface area (Å²) in [4.78, 5) is 11.8. The molecule has 17 heavy (non-hydrogen) atoms. The van der Waals surface area contributed by atoms with E-state index in [0.29, 0.717) is 25.3 Å². The summed E-state index contributed by atoms with van der Waals surface area (Å²) < 4.78 is 18.8. The van der Waals surface area contributed by atoms with Gasteiger partial charge in [-0.1, -0.05) is 19.1 Å². The number of ether oxygens (including phenoxy) is 1. The molecule has 1 aromatic carbocycles. The largest absolute Gasteiger partial charge is 0.380 e. The lowest BCUT2D eigenvalue weighted by Crippen LogP contribution is -2.48. The molecule has 0 bridgehead atoms. The molecule has 0 saturated carbocycles. The highest BCUT2D eigenvalue weighted by Gasteiger charge is 2.33. The summed E-state index contributed by atoms with van der Waals surface area (Å²) in [5.74, 6) is -0.806. The van der Waals surface area contributed by atoms with E-state index in [1.54, 1.807) is 19.1 Å². The molecule has 0 spiro atoms. The fourth-order valence-corrected chi connectivity index (χ4v) is 1.76. The molecule has 1 saturated heterocycles. The van der Waals surface area contributed by atoms with Crippen molar-refractivity contribution in [1.29, 1.82) is 0 Å². The Labute approximate surface area is 100.0 Å². The van der Waals surface area contributed by atoms with Crippen molar-refractivity contribution in [2.45, 2.75) is 13.8 Å². The molecule has 1 fully saturated rings. The van der Waals surface area contributed by atoms with Crippen LogP contribution in [0.5, 0.6) is 0 Å². The Morgan fingerprint density at radius 1 is 1.53 bits per heavy atom. The van der Waals surface area contributed by atoms with Gasteiger partial charge in [-0.05, 0) is 18.6 Å². The smallest absolute Gasteiger partial charge is 0.254 e. The van der Waals surface area contributed by atoms with E-state index >= 15 is 0 Å². The first-order valence-electron chi connectivity index (χ1n) is 5.63. The Morgan fingerprint density at radius 2 is 2.24 bits per heavy atom. The van der Waals surface area contributed by atoms with Gasteiger partial charge in [0.1, 0.15) is 5.82 Å². The van der Waals surface area contributed by atoms with Gasteiger partial charge in [0.2, 0.25) is 0 Å². The molecule has 0 aliphatic carbocycles. The van der Waals surface area contributed by atoms with Gasteiger partial charge in [-0.3, -0.25) is 4.79 Å². The number of hydrogen-bond donors (Lipinski definition) is 1. The second kappa shape index (κ2) is 4.45. The summed E-state index contributed by atoms with van der Waals surface area (Å²) in [6.45, 7) is 5.48.